The fourth-order valence-electron chi connectivity index (χ4n) is 2.11. The monoisotopic (exact) mass is 349 g/mol. The normalized spacial score (nSPS) is 20.7. The van der Waals surface area contributed by atoms with Crippen LogP contribution < -0.4 is 5.32 Å². The standard InChI is InChI=1S/C11H16BrN3O3S/c1-13-11-10(4-9(12)5-14-11)19(17,18)15-3-2-8(6-15)7-16/h4-5,8,16H,2-3,6-7H2,1H3,(H,13,14). The van der Waals surface area contributed by atoms with Gasteiger partial charge >= 0.3 is 0 Å². The average Bonchev–Trinajstić information content (AvgIpc) is 2.88. The molecule has 2 heterocycles. The number of sulfonamides is 1. The van der Waals surface area contributed by atoms with E-state index >= 15 is 0 Å². The van der Waals surface area contributed by atoms with Crippen LogP contribution in [0.15, 0.2) is 21.6 Å². The predicted molar refractivity (Wildman–Crippen MR) is 75.4 cm³/mol. The molecular weight excluding hydrogens is 334 g/mol. The van der Waals surface area contributed by atoms with Crippen LogP contribution in [0.5, 0.6) is 0 Å². The van der Waals surface area contributed by atoms with E-state index < -0.39 is 10.0 Å². The molecule has 8 heteroatoms. The Bertz CT molecular complexity index is 564. The number of nitrogens with one attached hydrogen (secondary N) is 1. The smallest absolute Gasteiger partial charge is 0.246 e. The second-order valence-corrected chi connectivity index (χ2v) is 7.27. The highest BCUT2D eigenvalue weighted by atomic mass is 79.9. The third-order valence-corrected chi connectivity index (χ3v) is 5.49. The molecule has 0 amide bonds. The van der Waals surface area contributed by atoms with Crippen molar-refractivity contribution in [3.8, 4) is 0 Å². The average molecular weight is 350 g/mol. The summed E-state index contributed by atoms with van der Waals surface area (Å²) < 4.78 is 27.2. The topological polar surface area (TPSA) is 82.5 Å². The fourth-order valence-corrected chi connectivity index (χ4v) is 4.30. The summed E-state index contributed by atoms with van der Waals surface area (Å²) in [7, 11) is -1.95. The van der Waals surface area contributed by atoms with Gasteiger partial charge in [0.05, 0.1) is 0 Å². The van der Waals surface area contributed by atoms with E-state index in [1.165, 1.54) is 4.31 Å². The van der Waals surface area contributed by atoms with E-state index in [4.69, 9.17) is 5.11 Å². The number of pyridine rings is 1. The molecule has 0 spiro atoms. The van der Waals surface area contributed by atoms with Gasteiger partial charge in [0, 0.05) is 37.4 Å². The van der Waals surface area contributed by atoms with Gasteiger partial charge in [-0.05, 0) is 34.3 Å². The minimum Gasteiger partial charge on any atom is -0.396 e. The Morgan fingerprint density at radius 1 is 1.63 bits per heavy atom. The molecule has 1 unspecified atom stereocenters. The molecule has 0 saturated carbocycles. The summed E-state index contributed by atoms with van der Waals surface area (Å²) in [5.74, 6) is 0.351. The Morgan fingerprint density at radius 3 is 2.95 bits per heavy atom. The number of nitrogens with zero attached hydrogens (tertiary/aromatic N) is 2. The molecule has 1 saturated heterocycles. The van der Waals surface area contributed by atoms with Crippen molar-refractivity contribution in [1.29, 1.82) is 0 Å². The molecule has 1 aliphatic heterocycles. The van der Waals surface area contributed by atoms with E-state index in [0.717, 1.165) is 0 Å². The fraction of sp³-hybridized carbons (Fsp3) is 0.545. The molecule has 0 aliphatic carbocycles. The maximum absolute atomic E-state index is 12.6. The summed E-state index contributed by atoms with van der Waals surface area (Å²) in [4.78, 5) is 4.22. The lowest BCUT2D eigenvalue weighted by Gasteiger charge is -2.18. The first-order valence-electron chi connectivity index (χ1n) is 5.93. The number of aliphatic hydroxyl groups excluding tert-OH is 1. The highest BCUT2D eigenvalue weighted by molar-refractivity contribution is 9.10. The van der Waals surface area contributed by atoms with Gasteiger partial charge in [-0.1, -0.05) is 0 Å². The lowest BCUT2D eigenvalue weighted by molar-refractivity contribution is 0.233. The van der Waals surface area contributed by atoms with Gasteiger partial charge in [-0.15, -0.1) is 0 Å². The SMILES string of the molecule is CNc1ncc(Br)cc1S(=O)(=O)N1CCC(CO)C1. The zero-order valence-corrected chi connectivity index (χ0v) is 12.9. The van der Waals surface area contributed by atoms with Gasteiger partial charge in [-0.3, -0.25) is 0 Å². The second kappa shape index (κ2) is 5.74. The van der Waals surface area contributed by atoms with Crippen molar-refractivity contribution in [1.82, 2.24) is 9.29 Å². The molecule has 0 bridgehead atoms. The summed E-state index contributed by atoms with van der Waals surface area (Å²) in [6.07, 6.45) is 2.23. The van der Waals surface area contributed by atoms with Crippen molar-refractivity contribution in [2.24, 2.45) is 5.92 Å². The summed E-state index contributed by atoms with van der Waals surface area (Å²) in [5, 5.41) is 11.9. The largest absolute Gasteiger partial charge is 0.396 e. The molecule has 1 aromatic rings. The van der Waals surface area contributed by atoms with E-state index in [1.807, 2.05) is 0 Å². The summed E-state index contributed by atoms with van der Waals surface area (Å²) >= 11 is 3.24. The molecular formula is C11H16BrN3O3S. The second-order valence-electron chi connectivity index (χ2n) is 4.45. The van der Waals surface area contributed by atoms with Crippen LogP contribution in [0.25, 0.3) is 0 Å². The van der Waals surface area contributed by atoms with Crippen LogP contribution in [0, 0.1) is 5.92 Å². The number of aliphatic hydroxyl groups is 1. The van der Waals surface area contributed by atoms with E-state index in [-0.39, 0.29) is 17.4 Å². The molecule has 1 aliphatic rings. The van der Waals surface area contributed by atoms with E-state index in [2.05, 4.69) is 26.2 Å². The highest BCUT2D eigenvalue weighted by Gasteiger charge is 2.34. The molecule has 1 atom stereocenters. The lowest BCUT2D eigenvalue weighted by Crippen LogP contribution is -2.30. The summed E-state index contributed by atoms with van der Waals surface area (Å²) in [5.41, 5.74) is 0. The van der Waals surface area contributed by atoms with Crippen molar-refractivity contribution in [3.63, 3.8) is 0 Å². The molecule has 19 heavy (non-hydrogen) atoms. The lowest BCUT2D eigenvalue weighted by atomic mass is 10.1. The zero-order chi connectivity index (χ0) is 14.0. The van der Waals surface area contributed by atoms with E-state index in [9.17, 15) is 8.42 Å². The zero-order valence-electron chi connectivity index (χ0n) is 10.5. The van der Waals surface area contributed by atoms with Crippen molar-refractivity contribution >= 4 is 31.8 Å². The summed E-state index contributed by atoms with van der Waals surface area (Å²) in [6, 6.07) is 1.54. The van der Waals surface area contributed by atoms with Crippen molar-refractivity contribution < 1.29 is 13.5 Å². The first-order valence-corrected chi connectivity index (χ1v) is 8.16. The molecule has 1 aromatic heterocycles. The van der Waals surface area contributed by atoms with Gasteiger partial charge in [-0.2, -0.15) is 4.31 Å². The van der Waals surface area contributed by atoms with Gasteiger partial charge in [0.2, 0.25) is 10.0 Å². The Kier molecular flexibility index (Phi) is 4.44. The molecule has 0 radical (unpaired) electrons. The quantitative estimate of drug-likeness (QED) is 0.843. The Hall–Kier alpha value is -0.700. The Morgan fingerprint density at radius 2 is 2.37 bits per heavy atom. The number of anilines is 1. The number of halogens is 1. The third kappa shape index (κ3) is 2.91. The van der Waals surface area contributed by atoms with Gasteiger partial charge < -0.3 is 10.4 Å². The van der Waals surface area contributed by atoms with Crippen LogP contribution in [-0.2, 0) is 10.0 Å². The number of hydrogen-bond donors (Lipinski definition) is 2. The Labute approximate surface area is 121 Å². The molecule has 106 valence electrons. The van der Waals surface area contributed by atoms with E-state index in [0.29, 0.717) is 29.8 Å². The number of rotatable bonds is 4. The number of aromatic nitrogens is 1. The predicted octanol–water partition coefficient (Wildman–Crippen LogP) is 0.889. The third-order valence-electron chi connectivity index (χ3n) is 3.18. The van der Waals surface area contributed by atoms with Gasteiger partial charge in [0.1, 0.15) is 10.7 Å². The van der Waals surface area contributed by atoms with Crippen LogP contribution in [0.3, 0.4) is 0 Å². The number of hydrogen-bond acceptors (Lipinski definition) is 5. The van der Waals surface area contributed by atoms with Crippen LogP contribution in [-0.4, -0.2) is 49.6 Å². The first-order chi connectivity index (χ1) is 8.98. The van der Waals surface area contributed by atoms with Crippen molar-refractivity contribution in [2.45, 2.75) is 11.3 Å². The molecule has 6 nitrogen and oxygen atoms in total. The maximum atomic E-state index is 12.6. The van der Waals surface area contributed by atoms with Crippen molar-refractivity contribution in [3.05, 3.63) is 16.7 Å². The minimum absolute atomic E-state index is 0.0155. The van der Waals surface area contributed by atoms with Gasteiger partial charge in [0.15, 0.2) is 0 Å². The molecule has 2 N–H and O–H groups in total. The summed E-state index contributed by atoms with van der Waals surface area (Å²) in [6.45, 7) is 0.805. The van der Waals surface area contributed by atoms with Crippen LogP contribution in [0.2, 0.25) is 0 Å². The molecule has 0 aromatic carbocycles. The van der Waals surface area contributed by atoms with Gasteiger partial charge in [0.25, 0.3) is 0 Å². The van der Waals surface area contributed by atoms with Gasteiger partial charge in [-0.25, -0.2) is 13.4 Å². The van der Waals surface area contributed by atoms with Crippen LogP contribution in [0.4, 0.5) is 5.82 Å². The van der Waals surface area contributed by atoms with Crippen LogP contribution >= 0.6 is 15.9 Å². The highest BCUT2D eigenvalue weighted by Crippen LogP contribution is 2.29. The first kappa shape index (κ1) is 14.7. The minimum atomic E-state index is -3.58. The Balaban J connectivity index is 2.37. The maximum Gasteiger partial charge on any atom is 0.246 e. The molecule has 1 fully saturated rings. The van der Waals surface area contributed by atoms with Crippen molar-refractivity contribution in [2.75, 3.05) is 32.1 Å². The molecule has 2 rings (SSSR count). The van der Waals surface area contributed by atoms with E-state index in [1.54, 1.807) is 19.3 Å². The van der Waals surface area contributed by atoms with Crippen LogP contribution in [0.1, 0.15) is 6.42 Å².